The molecule has 0 aliphatic carbocycles. The second kappa shape index (κ2) is 7.04. The highest BCUT2D eigenvalue weighted by Gasteiger charge is 2.31. The monoisotopic (exact) mass is 320 g/mol. The Balaban J connectivity index is 1.43. The lowest BCUT2D eigenvalue weighted by Gasteiger charge is -2.36. The summed E-state index contributed by atoms with van der Waals surface area (Å²) >= 11 is 0. The first kappa shape index (κ1) is 15.9. The van der Waals surface area contributed by atoms with Crippen molar-refractivity contribution in [1.82, 2.24) is 20.0 Å². The van der Waals surface area contributed by atoms with Crippen LogP contribution in [0.2, 0.25) is 0 Å². The average molecular weight is 320 g/mol. The van der Waals surface area contributed by atoms with E-state index in [-0.39, 0.29) is 11.9 Å². The molecular formula is C16H24N4O3. The van der Waals surface area contributed by atoms with E-state index in [2.05, 4.69) is 10.2 Å². The predicted octanol–water partition coefficient (Wildman–Crippen LogP) is 0.728. The van der Waals surface area contributed by atoms with Gasteiger partial charge in [0.25, 0.3) is 0 Å². The molecule has 7 nitrogen and oxygen atoms in total. The Labute approximate surface area is 136 Å². The zero-order valence-electron chi connectivity index (χ0n) is 13.5. The summed E-state index contributed by atoms with van der Waals surface area (Å²) in [4.78, 5) is 29.8. The molecule has 0 atom stereocenters. The van der Waals surface area contributed by atoms with Crippen molar-refractivity contribution in [2.75, 3.05) is 39.8 Å². The van der Waals surface area contributed by atoms with E-state index in [1.165, 1.54) is 0 Å². The molecule has 2 aliphatic heterocycles. The van der Waals surface area contributed by atoms with Crippen LogP contribution in [0.25, 0.3) is 0 Å². The summed E-state index contributed by atoms with van der Waals surface area (Å²) in [6.45, 7) is 4.18. The first-order valence-electron chi connectivity index (χ1n) is 8.16. The fourth-order valence-electron chi connectivity index (χ4n) is 3.26. The fraction of sp³-hybridized carbons (Fsp3) is 0.625. The summed E-state index contributed by atoms with van der Waals surface area (Å²) in [6.07, 6.45) is 3.48. The van der Waals surface area contributed by atoms with Crippen LogP contribution in [-0.2, 0) is 11.3 Å². The Morgan fingerprint density at radius 3 is 2.78 bits per heavy atom. The molecule has 1 N–H and O–H groups in total. The molecule has 23 heavy (non-hydrogen) atoms. The number of likely N-dealkylation sites (N-methyl/N-ethyl adjacent to an activating group) is 1. The van der Waals surface area contributed by atoms with Crippen molar-refractivity contribution >= 4 is 11.9 Å². The van der Waals surface area contributed by atoms with Gasteiger partial charge in [0.2, 0.25) is 5.91 Å². The van der Waals surface area contributed by atoms with Crippen molar-refractivity contribution in [3.05, 3.63) is 24.2 Å². The lowest BCUT2D eigenvalue weighted by Crippen LogP contribution is -2.48. The Hall–Kier alpha value is -2.02. The number of nitrogens with one attached hydrogen (secondary N) is 1. The molecule has 0 spiro atoms. The maximum absolute atomic E-state index is 12.3. The highest BCUT2D eigenvalue weighted by Crippen LogP contribution is 2.18. The maximum Gasteiger partial charge on any atom is 0.317 e. The number of piperidine rings is 1. The summed E-state index contributed by atoms with van der Waals surface area (Å²) in [5.41, 5.74) is 0. The summed E-state index contributed by atoms with van der Waals surface area (Å²) in [5.74, 6) is 0.887. The van der Waals surface area contributed by atoms with Gasteiger partial charge < -0.3 is 19.5 Å². The van der Waals surface area contributed by atoms with E-state index in [0.29, 0.717) is 19.1 Å². The first-order chi connectivity index (χ1) is 11.1. The van der Waals surface area contributed by atoms with Crippen molar-refractivity contribution in [3.63, 3.8) is 0 Å². The van der Waals surface area contributed by atoms with Gasteiger partial charge in [0.1, 0.15) is 5.76 Å². The number of carbonyl (C=O) groups excluding carboxylic acids is 2. The molecule has 126 valence electrons. The molecule has 1 aromatic rings. The van der Waals surface area contributed by atoms with Gasteiger partial charge in [-0.3, -0.25) is 9.69 Å². The number of nitrogens with zero attached hydrogens (tertiary/aromatic N) is 3. The van der Waals surface area contributed by atoms with Crippen molar-refractivity contribution in [2.24, 2.45) is 0 Å². The van der Waals surface area contributed by atoms with Crippen LogP contribution >= 0.6 is 0 Å². The molecule has 0 radical (unpaired) electrons. The van der Waals surface area contributed by atoms with Gasteiger partial charge in [0.05, 0.1) is 19.4 Å². The number of hydrogen-bond donors (Lipinski definition) is 1. The van der Waals surface area contributed by atoms with E-state index in [1.54, 1.807) is 18.2 Å². The van der Waals surface area contributed by atoms with E-state index < -0.39 is 0 Å². The molecule has 2 aliphatic rings. The van der Waals surface area contributed by atoms with Gasteiger partial charge in [-0.15, -0.1) is 0 Å². The van der Waals surface area contributed by atoms with Gasteiger partial charge in [-0.25, -0.2) is 4.79 Å². The molecule has 0 aromatic carbocycles. The van der Waals surface area contributed by atoms with Crippen molar-refractivity contribution < 1.29 is 14.0 Å². The smallest absolute Gasteiger partial charge is 0.317 e. The number of likely N-dealkylation sites (tertiary alicyclic amines) is 1. The van der Waals surface area contributed by atoms with Gasteiger partial charge in [0.15, 0.2) is 0 Å². The number of furan rings is 1. The summed E-state index contributed by atoms with van der Waals surface area (Å²) in [6, 6.07) is 4.06. The minimum atomic E-state index is 0.0534. The molecule has 2 saturated heterocycles. The lowest BCUT2D eigenvalue weighted by atomic mass is 10.0. The number of urea groups is 1. The molecular weight excluding hydrogens is 296 g/mol. The number of hydrogen-bond acceptors (Lipinski definition) is 4. The quantitative estimate of drug-likeness (QED) is 0.868. The molecule has 1 aromatic heterocycles. The van der Waals surface area contributed by atoms with Crippen LogP contribution in [0.1, 0.15) is 18.6 Å². The summed E-state index contributed by atoms with van der Waals surface area (Å²) in [5, 5.41) is 2.85. The number of amides is 3. The van der Waals surface area contributed by atoms with E-state index in [1.807, 2.05) is 17.0 Å². The predicted molar refractivity (Wildman–Crippen MR) is 84.7 cm³/mol. The highest BCUT2D eigenvalue weighted by atomic mass is 16.3. The minimum absolute atomic E-state index is 0.0534. The maximum atomic E-state index is 12.3. The molecule has 2 fully saturated rings. The lowest BCUT2D eigenvalue weighted by molar-refractivity contribution is -0.132. The highest BCUT2D eigenvalue weighted by molar-refractivity contribution is 5.78. The zero-order chi connectivity index (χ0) is 16.2. The first-order valence-corrected chi connectivity index (χ1v) is 8.16. The van der Waals surface area contributed by atoms with Crippen molar-refractivity contribution in [1.29, 1.82) is 0 Å². The van der Waals surface area contributed by atoms with E-state index >= 15 is 0 Å². The zero-order valence-corrected chi connectivity index (χ0v) is 13.5. The third-order valence-corrected chi connectivity index (χ3v) is 4.65. The van der Waals surface area contributed by atoms with Gasteiger partial charge in [-0.05, 0) is 25.0 Å². The molecule has 3 amide bonds. The SMILES string of the molecule is CN(Cc1ccco1)C(=O)CN1CCC(N2CCNC2=O)CC1. The normalized spacial score (nSPS) is 19.9. The molecule has 3 heterocycles. The summed E-state index contributed by atoms with van der Waals surface area (Å²) < 4.78 is 5.27. The van der Waals surface area contributed by atoms with Crippen LogP contribution in [0.3, 0.4) is 0 Å². The average Bonchev–Trinajstić information content (AvgIpc) is 3.19. The van der Waals surface area contributed by atoms with E-state index in [4.69, 9.17) is 4.42 Å². The van der Waals surface area contributed by atoms with Crippen LogP contribution in [-0.4, -0.2) is 72.5 Å². The third-order valence-electron chi connectivity index (χ3n) is 4.65. The standard InChI is InChI=1S/C16H24N4O3/c1-18(11-14-3-2-10-23-14)15(21)12-19-7-4-13(5-8-19)20-9-6-17-16(20)22/h2-3,10,13H,4-9,11-12H2,1H3,(H,17,22). The fourth-order valence-corrected chi connectivity index (χ4v) is 3.26. The molecule has 3 rings (SSSR count). The van der Waals surface area contributed by atoms with Crippen LogP contribution in [0.15, 0.2) is 22.8 Å². The molecule has 7 heteroatoms. The third kappa shape index (κ3) is 3.85. The van der Waals surface area contributed by atoms with Crippen LogP contribution in [0, 0.1) is 0 Å². The van der Waals surface area contributed by atoms with E-state index in [9.17, 15) is 9.59 Å². The molecule has 0 saturated carbocycles. The van der Waals surface area contributed by atoms with Crippen molar-refractivity contribution in [3.8, 4) is 0 Å². The van der Waals surface area contributed by atoms with Gasteiger partial charge in [0, 0.05) is 39.3 Å². The Morgan fingerprint density at radius 2 is 2.17 bits per heavy atom. The van der Waals surface area contributed by atoms with Gasteiger partial charge in [-0.2, -0.15) is 0 Å². The molecule has 0 bridgehead atoms. The largest absolute Gasteiger partial charge is 0.467 e. The van der Waals surface area contributed by atoms with Gasteiger partial charge in [-0.1, -0.05) is 0 Å². The Bertz CT molecular complexity index is 538. The van der Waals surface area contributed by atoms with Crippen molar-refractivity contribution in [2.45, 2.75) is 25.4 Å². The molecule has 0 unspecified atom stereocenters. The van der Waals surface area contributed by atoms with Crippen LogP contribution in [0.5, 0.6) is 0 Å². The number of carbonyl (C=O) groups is 2. The number of rotatable bonds is 5. The Morgan fingerprint density at radius 1 is 1.39 bits per heavy atom. The second-order valence-corrected chi connectivity index (χ2v) is 6.26. The summed E-state index contributed by atoms with van der Waals surface area (Å²) in [7, 11) is 1.80. The Kier molecular flexibility index (Phi) is 4.85. The topological polar surface area (TPSA) is 69.0 Å². The van der Waals surface area contributed by atoms with E-state index in [0.717, 1.165) is 44.8 Å². The minimum Gasteiger partial charge on any atom is -0.467 e. The van der Waals surface area contributed by atoms with Gasteiger partial charge >= 0.3 is 6.03 Å². The van der Waals surface area contributed by atoms with Crippen LogP contribution in [0.4, 0.5) is 4.79 Å². The van der Waals surface area contributed by atoms with Crippen LogP contribution < -0.4 is 5.32 Å². The second-order valence-electron chi connectivity index (χ2n) is 6.26.